The van der Waals surface area contributed by atoms with Crippen LogP contribution in [0.25, 0.3) is 0 Å². The van der Waals surface area contributed by atoms with Crippen LogP contribution in [0.5, 0.6) is 11.5 Å². The van der Waals surface area contributed by atoms with E-state index in [0.29, 0.717) is 24.8 Å². The molecule has 6 nitrogen and oxygen atoms in total. The zero-order chi connectivity index (χ0) is 20.1. The van der Waals surface area contributed by atoms with E-state index < -0.39 is 0 Å². The molecule has 0 bridgehead atoms. The van der Waals surface area contributed by atoms with E-state index in [4.69, 9.17) is 14.5 Å². The number of hydrazone groups is 1. The molecular weight excluding hydrogens is 364 g/mol. The summed E-state index contributed by atoms with van der Waals surface area (Å²) in [6.07, 6.45) is 3.48. The first-order chi connectivity index (χ1) is 14.3. The number of para-hydroxylation sites is 1. The number of pyridine rings is 1. The van der Waals surface area contributed by atoms with Crippen LogP contribution in [0.3, 0.4) is 0 Å². The number of rotatable bonds is 6. The molecule has 29 heavy (non-hydrogen) atoms. The largest absolute Gasteiger partial charge is 0.490 e. The second-order valence-corrected chi connectivity index (χ2v) is 6.31. The summed E-state index contributed by atoms with van der Waals surface area (Å²) in [5.74, 6) is 2.10. The van der Waals surface area contributed by atoms with Gasteiger partial charge in [-0.3, -0.25) is 10.4 Å². The molecule has 0 radical (unpaired) electrons. The molecule has 0 amide bonds. The highest BCUT2D eigenvalue weighted by Crippen LogP contribution is 2.32. The van der Waals surface area contributed by atoms with Crippen LogP contribution in [0, 0.1) is 0 Å². The SMILES string of the molecule is CCOc1ccc(C2=NNC(c3ccncc3)=Nc3ccccc32)cc1OCC. The highest BCUT2D eigenvalue weighted by molar-refractivity contribution is 6.18. The lowest BCUT2D eigenvalue weighted by atomic mass is 10.0. The third kappa shape index (κ3) is 3.96. The molecule has 1 aromatic heterocycles. The first-order valence-corrected chi connectivity index (χ1v) is 9.62. The summed E-state index contributed by atoms with van der Waals surface area (Å²) in [6.45, 7) is 5.04. The van der Waals surface area contributed by atoms with Gasteiger partial charge in [-0.1, -0.05) is 18.2 Å². The van der Waals surface area contributed by atoms with Gasteiger partial charge in [-0.25, -0.2) is 4.99 Å². The van der Waals surface area contributed by atoms with Gasteiger partial charge in [-0.05, 0) is 50.2 Å². The van der Waals surface area contributed by atoms with Crippen molar-refractivity contribution in [1.82, 2.24) is 10.4 Å². The van der Waals surface area contributed by atoms with Crippen LogP contribution in [0.15, 0.2) is 77.1 Å². The summed E-state index contributed by atoms with van der Waals surface area (Å²) in [7, 11) is 0. The third-order valence-corrected chi connectivity index (χ3v) is 4.44. The van der Waals surface area contributed by atoms with Crippen LogP contribution in [0.2, 0.25) is 0 Å². The highest BCUT2D eigenvalue weighted by atomic mass is 16.5. The summed E-state index contributed by atoms with van der Waals surface area (Å²) < 4.78 is 11.5. The lowest BCUT2D eigenvalue weighted by Crippen LogP contribution is -2.19. The quantitative estimate of drug-likeness (QED) is 0.685. The summed E-state index contributed by atoms with van der Waals surface area (Å²) in [5, 5.41) is 4.69. The van der Waals surface area contributed by atoms with Gasteiger partial charge in [0, 0.05) is 29.1 Å². The molecule has 0 saturated heterocycles. The summed E-state index contributed by atoms with van der Waals surface area (Å²) in [5.41, 5.74) is 7.53. The lowest BCUT2D eigenvalue weighted by Gasteiger charge is -2.14. The average molecular weight is 386 g/mol. The number of nitrogens with zero attached hydrogens (tertiary/aromatic N) is 3. The maximum absolute atomic E-state index is 5.79. The minimum Gasteiger partial charge on any atom is -0.490 e. The second kappa shape index (κ2) is 8.56. The van der Waals surface area contributed by atoms with Gasteiger partial charge in [0.25, 0.3) is 0 Å². The Morgan fingerprint density at radius 2 is 1.59 bits per heavy atom. The van der Waals surface area contributed by atoms with Gasteiger partial charge in [0.15, 0.2) is 17.3 Å². The van der Waals surface area contributed by atoms with Crippen LogP contribution in [0.1, 0.15) is 30.5 Å². The van der Waals surface area contributed by atoms with Crippen molar-refractivity contribution in [2.24, 2.45) is 10.1 Å². The smallest absolute Gasteiger partial charge is 0.161 e. The van der Waals surface area contributed by atoms with Gasteiger partial charge in [-0.15, -0.1) is 0 Å². The molecule has 146 valence electrons. The molecule has 1 aliphatic heterocycles. The first kappa shape index (κ1) is 18.7. The molecule has 3 aromatic rings. The monoisotopic (exact) mass is 386 g/mol. The van der Waals surface area contributed by atoms with Crippen molar-refractivity contribution in [3.63, 3.8) is 0 Å². The van der Waals surface area contributed by atoms with Crippen LogP contribution >= 0.6 is 0 Å². The number of ether oxygens (including phenoxy) is 2. The number of amidine groups is 1. The Labute approximate surface area is 169 Å². The van der Waals surface area contributed by atoms with Gasteiger partial charge in [0.1, 0.15) is 5.71 Å². The molecule has 0 spiro atoms. The topological polar surface area (TPSA) is 68.1 Å². The molecule has 0 atom stereocenters. The Morgan fingerprint density at radius 3 is 2.38 bits per heavy atom. The van der Waals surface area contributed by atoms with Crippen molar-refractivity contribution in [2.45, 2.75) is 13.8 Å². The van der Waals surface area contributed by atoms with E-state index in [0.717, 1.165) is 33.8 Å². The summed E-state index contributed by atoms with van der Waals surface area (Å²) >= 11 is 0. The molecule has 1 N–H and O–H groups in total. The number of benzene rings is 2. The van der Waals surface area contributed by atoms with E-state index in [1.54, 1.807) is 12.4 Å². The first-order valence-electron chi connectivity index (χ1n) is 9.62. The van der Waals surface area contributed by atoms with Crippen LogP contribution in [0.4, 0.5) is 5.69 Å². The van der Waals surface area contributed by atoms with E-state index in [2.05, 4.69) is 15.5 Å². The molecule has 2 aromatic carbocycles. The molecule has 6 heteroatoms. The van der Waals surface area contributed by atoms with E-state index in [1.165, 1.54) is 0 Å². The third-order valence-electron chi connectivity index (χ3n) is 4.44. The van der Waals surface area contributed by atoms with E-state index in [1.807, 2.05) is 68.4 Å². The van der Waals surface area contributed by atoms with Crippen molar-refractivity contribution in [2.75, 3.05) is 13.2 Å². The fourth-order valence-corrected chi connectivity index (χ4v) is 3.14. The van der Waals surface area contributed by atoms with Crippen molar-refractivity contribution in [3.05, 3.63) is 83.7 Å². The van der Waals surface area contributed by atoms with E-state index >= 15 is 0 Å². The number of aliphatic imine (C=N–C) groups is 1. The van der Waals surface area contributed by atoms with Crippen molar-refractivity contribution >= 4 is 17.2 Å². The Morgan fingerprint density at radius 1 is 0.828 bits per heavy atom. The van der Waals surface area contributed by atoms with E-state index in [-0.39, 0.29) is 0 Å². The van der Waals surface area contributed by atoms with Crippen LogP contribution < -0.4 is 14.9 Å². The fraction of sp³-hybridized carbons (Fsp3) is 0.174. The highest BCUT2D eigenvalue weighted by Gasteiger charge is 2.18. The van der Waals surface area contributed by atoms with E-state index in [9.17, 15) is 0 Å². The van der Waals surface area contributed by atoms with Crippen molar-refractivity contribution < 1.29 is 9.47 Å². The normalized spacial score (nSPS) is 12.8. The Hall–Kier alpha value is -3.67. The molecule has 4 rings (SSSR count). The van der Waals surface area contributed by atoms with Gasteiger partial charge in [-0.2, -0.15) is 5.10 Å². The van der Waals surface area contributed by atoms with Gasteiger partial charge < -0.3 is 9.47 Å². The van der Waals surface area contributed by atoms with Gasteiger partial charge >= 0.3 is 0 Å². The Balaban J connectivity index is 1.79. The second-order valence-electron chi connectivity index (χ2n) is 6.31. The zero-order valence-corrected chi connectivity index (χ0v) is 16.4. The van der Waals surface area contributed by atoms with Crippen molar-refractivity contribution in [1.29, 1.82) is 0 Å². The Kier molecular flexibility index (Phi) is 5.52. The van der Waals surface area contributed by atoms with Gasteiger partial charge in [0.05, 0.1) is 18.9 Å². The minimum absolute atomic E-state index is 0.556. The number of aromatic nitrogens is 1. The zero-order valence-electron chi connectivity index (χ0n) is 16.4. The van der Waals surface area contributed by atoms with Crippen LogP contribution in [-0.2, 0) is 0 Å². The number of hydrogen-bond acceptors (Lipinski definition) is 6. The van der Waals surface area contributed by atoms with Gasteiger partial charge in [0.2, 0.25) is 0 Å². The standard InChI is InChI=1S/C23H22N4O2/c1-3-28-20-10-9-17(15-21(20)29-4-2)22-18-7-5-6-8-19(18)25-23(27-26-22)16-11-13-24-14-12-16/h5-15H,3-4H2,1-2H3,(H,25,27). The molecule has 0 fully saturated rings. The molecule has 0 aliphatic carbocycles. The summed E-state index contributed by atoms with van der Waals surface area (Å²) in [6, 6.07) is 17.6. The summed E-state index contributed by atoms with van der Waals surface area (Å²) in [4.78, 5) is 8.87. The molecular formula is C23H22N4O2. The number of nitrogens with one attached hydrogen (secondary N) is 1. The average Bonchev–Trinajstić information content (AvgIpc) is 2.96. The number of fused-ring (bicyclic) bond motifs is 1. The molecule has 1 aliphatic rings. The van der Waals surface area contributed by atoms with Crippen LogP contribution in [-0.4, -0.2) is 29.7 Å². The maximum atomic E-state index is 5.79. The number of hydrogen-bond donors (Lipinski definition) is 1. The lowest BCUT2D eigenvalue weighted by molar-refractivity contribution is 0.287. The molecule has 0 saturated carbocycles. The molecule has 2 heterocycles. The maximum Gasteiger partial charge on any atom is 0.161 e. The predicted octanol–water partition coefficient (Wildman–Crippen LogP) is 4.31. The van der Waals surface area contributed by atoms with Crippen molar-refractivity contribution in [3.8, 4) is 11.5 Å². The predicted molar refractivity (Wildman–Crippen MR) is 114 cm³/mol. The minimum atomic E-state index is 0.556. The molecule has 0 unspecified atom stereocenters. The Bertz CT molecular complexity index is 1060. The fourth-order valence-electron chi connectivity index (χ4n) is 3.14.